The molecule has 0 atom stereocenters. The summed E-state index contributed by atoms with van der Waals surface area (Å²) in [5, 5.41) is 8.61. The predicted molar refractivity (Wildman–Crippen MR) is 36.4 cm³/mol. The van der Waals surface area contributed by atoms with Gasteiger partial charge in [0.1, 0.15) is 0 Å². The van der Waals surface area contributed by atoms with Gasteiger partial charge in [-0.3, -0.25) is 4.98 Å². The highest BCUT2D eigenvalue weighted by Crippen LogP contribution is 2.10. The van der Waals surface area contributed by atoms with E-state index in [1.165, 1.54) is 12.4 Å². The lowest BCUT2D eigenvalue weighted by atomic mass is 10.3. The fraction of sp³-hybridized carbons (Fsp3) is 0.143. The summed E-state index contributed by atoms with van der Waals surface area (Å²) in [6.07, 6.45) is 3.00. The van der Waals surface area contributed by atoms with Crippen molar-refractivity contribution < 1.29 is 5.11 Å². The van der Waals surface area contributed by atoms with Gasteiger partial charge in [-0.2, -0.15) is 0 Å². The van der Waals surface area contributed by atoms with Crippen LogP contribution in [0.2, 0.25) is 0 Å². The molecule has 1 rings (SSSR count). The minimum atomic E-state index is -0.0592. The number of hydrogen-bond acceptors (Lipinski definition) is 2. The first-order chi connectivity index (χ1) is 4.86. The summed E-state index contributed by atoms with van der Waals surface area (Å²) >= 11 is 0. The second-order valence-corrected chi connectivity index (χ2v) is 1.82. The van der Waals surface area contributed by atoms with Gasteiger partial charge in [-0.25, -0.2) is 4.85 Å². The van der Waals surface area contributed by atoms with Gasteiger partial charge < -0.3 is 5.11 Å². The minimum Gasteiger partial charge on any atom is -0.392 e. The van der Waals surface area contributed by atoms with Crippen molar-refractivity contribution in [3.8, 4) is 0 Å². The van der Waals surface area contributed by atoms with Crippen molar-refractivity contribution in [2.24, 2.45) is 0 Å². The SMILES string of the molecule is [C-]#[N+]c1cncc(CO)c1. The molecule has 3 nitrogen and oxygen atoms in total. The monoisotopic (exact) mass is 134 g/mol. The molecule has 0 aliphatic rings. The number of hydrogen-bond donors (Lipinski definition) is 1. The van der Waals surface area contributed by atoms with Gasteiger partial charge >= 0.3 is 0 Å². The zero-order chi connectivity index (χ0) is 7.40. The molecule has 1 N–H and O–H groups in total. The number of rotatable bonds is 1. The van der Waals surface area contributed by atoms with Crippen molar-refractivity contribution in [2.75, 3.05) is 0 Å². The van der Waals surface area contributed by atoms with Crippen molar-refractivity contribution in [3.63, 3.8) is 0 Å². The molecule has 0 amide bonds. The molecule has 1 heterocycles. The number of nitrogens with zero attached hydrogens (tertiary/aromatic N) is 2. The van der Waals surface area contributed by atoms with E-state index in [-0.39, 0.29) is 6.61 Å². The Balaban J connectivity index is 3.01. The summed E-state index contributed by atoms with van der Waals surface area (Å²) in [5.41, 5.74) is 1.14. The molecule has 50 valence electrons. The van der Waals surface area contributed by atoms with Gasteiger partial charge in [0, 0.05) is 12.4 Å². The number of aliphatic hydroxyl groups is 1. The fourth-order valence-corrected chi connectivity index (χ4v) is 0.621. The van der Waals surface area contributed by atoms with Gasteiger partial charge in [0.25, 0.3) is 0 Å². The first-order valence-electron chi connectivity index (χ1n) is 2.79. The number of pyridine rings is 1. The molecular weight excluding hydrogens is 128 g/mol. The predicted octanol–water partition coefficient (Wildman–Crippen LogP) is 1.12. The average Bonchev–Trinajstić information content (AvgIpc) is 2.05. The van der Waals surface area contributed by atoms with Crippen LogP contribution >= 0.6 is 0 Å². The van der Waals surface area contributed by atoms with Crippen molar-refractivity contribution >= 4 is 5.69 Å². The first-order valence-corrected chi connectivity index (χ1v) is 2.79. The van der Waals surface area contributed by atoms with Crippen LogP contribution in [0.4, 0.5) is 5.69 Å². The maximum atomic E-state index is 8.61. The molecule has 0 unspecified atom stereocenters. The summed E-state index contributed by atoms with van der Waals surface area (Å²) in [7, 11) is 0. The molecule has 0 radical (unpaired) electrons. The van der Waals surface area contributed by atoms with E-state index < -0.39 is 0 Å². The van der Waals surface area contributed by atoms with Gasteiger partial charge in [-0.05, 0) is 11.6 Å². The van der Waals surface area contributed by atoms with E-state index in [2.05, 4.69) is 9.83 Å². The summed E-state index contributed by atoms with van der Waals surface area (Å²) in [6.45, 7) is 6.56. The Morgan fingerprint density at radius 1 is 1.60 bits per heavy atom. The highest BCUT2D eigenvalue weighted by Gasteiger charge is 1.92. The molecule has 0 aromatic carbocycles. The Kier molecular flexibility index (Phi) is 1.98. The van der Waals surface area contributed by atoms with Crippen molar-refractivity contribution in [1.82, 2.24) is 4.98 Å². The van der Waals surface area contributed by atoms with Crippen molar-refractivity contribution in [2.45, 2.75) is 6.61 Å². The number of aromatic nitrogens is 1. The Morgan fingerprint density at radius 2 is 2.40 bits per heavy atom. The lowest BCUT2D eigenvalue weighted by molar-refractivity contribution is 0.281. The van der Waals surface area contributed by atoms with Gasteiger partial charge in [-0.15, -0.1) is 0 Å². The highest BCUT2D eigenvalue weighted by molar-refractivity contribution is 5.43. The first kappa shape index (κ1) is 6.72. The van der Waals surface area contributed by atoms with Crippen LogP contribution in [0.1, 0.15) is 5.56 Å². The van der Waals surface area contributed by atoms with E-state index in [0.717, 1.165) is 0 Å². The van der Waals surface area contributed by atoms with E-state index >= 15 is 0 Å². The van der Waals surface area contributed by atoms with Crippen LogP contribution in [0.3, 0.4) is 0 Å². The van der Waals surface area contributed by atoms with E-state index in [4.69, 9.17) is 11.7 Å². The van der Waals surface area contributed by atoms with Crippen molar-refractivity contribution in [1.29, 1.82) is 0 Å². The van der Waals surface area contributed by atoms with E-state index in [1.807, 2.05) is 0 Å². The van der Waals surface area contributed by atoms with E-state index in [1.54, 1.807) is 6.07 Å². The summed E-state index contributed by atoms with van der Waals surface area (Å²) in [5.74, 6) is 0. The molecule has 0 fully saturated rings. The fourth-order valence-electron chi connectivity index (χ4n) is 0.621. The second kappa shape index (κ2) is 2.95. The molecule has 0 bridgehead atoms. The largest absolute Gasteiger partial charge is 0.392 e. The molecular formula is C7H6N2O. The Hall–Kier alpha value is -1.40. The van der Waals surface area contributed by atoms with Crippen LogP contribution in [0.25, 0.3) is 4.85 Å². The highest BCUT2D eigenvalue weighted by atomic mass is 16.3. The van der Waals surface area contributed by atoms with Crippen LogP contribution in [0, 0.1) is 6.57 Å². The molecule has 0 spiro atoms. The molecule has 0 saturated carbocycles. The van der Waals surface area contributed by atoms with Gasteiger partial charge in [0.05, 0.1) is 13.2 Å². The number of aliphatic hydroxyl groups excluding tert-OH is 1. The normalized spacial score (nSPS) is 8.80. The van der Waals surface area contributed by atoms with Crippen LogP contribution in [0.15, 0.2) is 18.5 Å². The zero-order valence-electron chi connectivity index (χ0n) is 5.28. The lowest BCUT2D eigenvalue weighted by Crippen LogP contribution is -1.82. The third-order valence-corrected chi connectivity index (χ3v) is 1.09. The van der Waals surface area contributed by atoms with Crippen LogP contribution in [-0.4, -0.2) is 10.1 Å². The molecule has 0 aliphatic carbocycles. The van der Waals surface area contributed by atoms with E-state index in [9.17, 15) is 0 Å². The Bertz CT molecular complexity index is 265. The molecule has 3 heteroatoms. The summed E-state index contributed by atoms with van der Waals surface area (Å²) < 4.78 is 0. The van der Waals surface area contributed by atoms with Gasteiger partial charge in [-0.1, -0.05) is 0 Å². The summed E-state index contributed by atoms with van der Waals surface area (Å²) in [4.78, 5) is 6.91. The average molecular weight is 134 g/mol. The molecule has 1 aromatic rings. The van der Waals surface area contributed by atoms with Gasteiger partial charge in [0.2, 0.25) is 5.69 Å². The smallest absolute Gasteiger partial charge is 0.205 e. The van der Waals surface area contributed by atoms with E-state index in [0.29, 0.717) is 11.3 Å². The lowest BCUT2D eigenvalue weighted by Gasteiger charge is -1.92. The molecule has 0 saturated heterocycles. The standard InChI is InChI=1S/C7H6N2O/c1-8-7-2-6(5-10)3-9-4-7/h2-4,10H,5H2. The van der Waals surface area contributed by atoms with Gasteiger partial charge in [0.15, 0.2) is 0 Å². The maximum Gasteiger partial charge on any atom is 0.205 e. The quantitative estimate of drug-likeness (QED) is 0.584. The minimum absolute atomic E-state index is 0.0592. The van der Waals surface area contributed by atoms with Crippen LogP contribution < -0.4 is 0 Å². The topological polar surface area (TPSA) is 37.5 Å². The Morgan fingerprint density at radius 3 is 3.00 bits per heavy atom. The summed E-state index contributed by atoms with van der Waals surface area (Å²) in [6, 6.07) is 1.61. The second-order valence-electron chi connectivity index (χ2n) is 1.82. The molecule has 0 aliphatic heterocycles. The zero-order valence-corrected chi connectivity index (χ0v) is 5.28. The van der Waals surface area contributed by atoms with Crippen molar-refractivity contribution in [3.05, 3.63) is 35.4 Å². The third kappa shape index (κ3) is 1.30. The van der Waals surface area contributed by atoms with Crippen LogP contribution in [0.5, 0.6) is 0 Å². The Labute approximate surface area is 58.8 Å². The molecule has 10 heavy (non-hydrogen) atoms. The van der Waals surface area contributed by atoms with Crippen LogP contribution in [-0.2, 0) is 6.61 Å². The third-order valence-electron chi connectivity index (χ3n) is 1.09. The molecule has 1 aromatic heterocycles. The maximum absolute atomic E-state index is 8.61.